The van der Waals surface area contributed by atoms with Gasteiger partial charge in [-0.25, -0.2) is 0 Å². The van der Waals surface area contributed by atoms with E-state index in [-0.39, 0.29) is 17.7 Å². The van der Waals surface area contributed by atoms with E-state index in [0.29, 0.717) is 43.7 Å². The SMILES string of the molecule is O=C(CCc1cccs1)N1CCN(CCN2C(=O)c3ccccc3C2=O)CC1. The first-order valence-electron chi connectivity index (χ1n) is 9.61. The molecule has 1 fully saturated rings. The highest BCUT2D eigenvalue weighted by atomic mass is 32.1. The molecule has 2 aliphatic rings. The molecule has 7 heteroatoms. The van der Waals surface area contributed by atoms with Crippen molar-refractivity contribution in [2.75, 3.05) is 39.3 Å². The minimum atomic E-state index is -0.206. The minimum Gasteiger partial charge on any atom is -0.340 e. The highest BCUT2D eigenvalue weighted by Gasteiger charge is 2.35. The molecule has 3 heterocycles. The van der Waals surface area contributed by atoms with E-state index in [1.54, 1.807) is 35.6 Å². The van der Waals surface area contributed by atoms with Crippen LogP contribution in [0.5, 0.6) is 0 Å². The highest BCUT2D eigenvalue weighted by Crippen LogP contribution is 2.22. The van der Waals surface area contributed by atoms with Gasteiger partial charge in [-0.05, 0) is 30.0 Å². The maximum Gasteiger partial charge on any atom is 0.261 e. The Bertz CT molecular complexity index is 838. The number of aryl methyl sites for hydroxylation is 1. The normalized spacial score (nSPS) is 17.3. The van der Waals surface area contributed by atoms with Crippen LogP contribution in [0.2, 0.25) is 0 Å². The molecule has 0 atom stereocenters. The molecular formula is C21H23N3O3S. The summed E-state index contributed by atoms with van der Waals surface area (Å²) in [5.74, 6) is -0.209. The Labute approximate surface area is 168 Å². The molecule has 0 unspecified atom stereocenters. The van der Waals surface area contributed by atoms with Crippen LogP contribution in [-0.2, 0) is 11.2 Å². The van der Waals surface area contributed by atoms with E-state index in [0.717, 1.165) is 19.5 Å². The van der Waals surface area contributed by atoms with Crippen molar-refractivity contribution in [3.8, 4) is 0 Å². The van der Waals surface area contributed by atoms with Gasteiger partial charge in [0.15, 0.2) is 0 Å². The monoisotopic (exact) mass is 397 g/mol. The summed E-state index contributed by atoms with van der Waals surface area (Å²) in [4.78, 5) is 44.0. The van der Waals surface area contributed by atoms with E-state index in [1.165, 1.54) is 9.78 Å². The quantitative estimate of drug-likeness (QED) is 0.701. The molecule has 0 saturated carbocycles. The van der Waals surface area contributed by atoms with Gasteiger partial charge in [0.1, 0.15) is 0 Å². The second kappa shape index (κ2) is 8.24. The molecule has 3 amide bonds. The smallest absolute Gasteiger partial charge is 0.261 e. The molecule has 0 aliphatic carbocycles. The van der Waals surface area contributed by atoms with Crippen molar-refractivity contribution in [2.24, 2.45) is 0 Å². The fourth-order valence-corrected chi connectivity index (χ4v) is 4.46. The van der Waals surface area contributed by atoms with Crippen LogP contribution in [0.15, 0.2) is 41.8 Å². The number of carbonyl (C=O) groups excluding carboxylic acids is 3. The van der Waals surface area contributed by atoms with E-state index in [4.69, 9.17) is 0 Å². The van der Waals surface area contributed by atoms with Crippen molar-refractivity contribution in [2.45, 2.75) is 12.8 Å². The lowest BCUT2D eigenvalue weighted by atomic mass is 10.1. The number of imide groups is 1. The predicted molar refractivity (Wildman–Crippen MR) is 107 cm³/mol. The van der Waals surface area contributed by atoms with Gasteiger partial charge < -0.3 is 4.90 Å². The Balaban J connectivity index is 1.22. The van der Waals surface area contributed by atoms with E-state index in [1.807, 2.05) is 16.3 Å². The molecule has 0 bridgehead atoms. The summed E-state index contributed by atoms with van der Waals surface area (Å²) >= 11 is 1.69. The summed E-state index contributed by atoms with van der Waals surface area (Å²) in [6.45, 7) is 3.97. The lowest BCUT2D eigenvalue weighted by molar-refractivity contribution is -0.132. The molecule has 2 aliphatic heterocycles. The minimum absolute atomic E-state index is 0.202. The zero-order valence-electron chi connectivity index (χ0n) is 15.7. The fraction of sp³-hybridized carbons (Fsp3) is 0.381. The number of rotatable bonds is 6. The van der Waals surface area contributed by atoms with Gasteiger partial charge in [0.2, 0.25) is 5.91 Å². The van der Waals surface area contributed by atoms with Crippen molar-refractivity contribution >= 4 is 29.1 Å². The van der Waals surface area contributed by atoms with E-state index < -0.39 is 0 Å². The van der Waals surface area contributed by atoms with Crippen LogP contribution >= 0.6 is 11.3 Å². The summed E-state index contributed by atoms with van der Waals surface area (Å²) in [7, 11) is 0. The molecule has 1 aromatic heterocycles. The molecule has 0 N–H and O–H groups in total. The Morgan fingerprint density at radius 2 is 1.57 bits per heavy atom. The maximum absolute atomic E-state index is 12.4. The lowest BCUT2D eigenvalue weighted by Gasteiger charge is -2.35. The molecule has 1 aromatic carbocycles. The molecule has 146 valence electrons. The molecule has 4 rings (SSSR count). The van der Waals surface area contributed by atoms with Gasteiger partial charge in [-0.3, -0.25) is 24.2 Å². The number of amides is 3. The first-order valence-corrected chi connectivity index (χ1v) is 10.5. The van der Waals surface area contributed by atoms with E-state index in [2.05, 4.69) is 11.0 Å². The van der Waals surface area contributed by atoms with Gasteiger partial charge in [-0.2, -0.15) is 0 Å². The van der Waals surface area contributed by atoms with Crippen LogP contribution in [0.1, 0.15) is 32.0 Å². The fourth-order valence-electron chi connectivity index (χ4n) is 3.75. The van der Waals surface area contributed by atoms with Crippen LogP contribution in [0.3, 0.4) is 0 Å². The van der Waals surface area contributed by atoms with Crippen LogP contribution in [-0.4, -0.2) is 71.7 Å². The summed E-state index contributed by atoms with van der Waals surface area (Å²) < 4.78 is 0. The maximum atomic E-state index is 12.4. The number of thiophene rings is 1. The number of hydrogen-bond acceptors (Lipinski definition) is 5. The van der Waals surface area contributed by atoms with Crippen LogP contribution < -0.4 is 0 Å². The van der Waals surface area contributed by atoms with Gasteiger partial charge in [-0.1, -0.05) is 18.2 Å². The lowest BCUT2D eigenvalue weighted by Crippen LogP contribution is -2.50. The van der Waals surface area contributed by atoms with Gasteiger partial charge in [0.25, 0.3) is 11.8 Å². The molecule has 2 aromatic rings. The third-order valence-electron chi connectivity index (χ3n) is 5.41. The second-order valence-corrected chi connectivity index (χ2v) is 8.14. The van der Waals surface area contributed by atoms with Gasteiger partial charge in [0, 0.05) is 50.6 Å². The topological polar surface area (TPSA) is 60.9 Å². The largest absolute Gasteiger partial charge is 0.340 e. The molecule has 0 spiro atoms. The average molecular weight is 398 g/mol. The van der Waals surface area contributed by atoms with Crippen LogP contribution in [0.25, 0.3) is 0 Å². The van der Waals surface area contributed by atoms with Crippen LogP contribution in [0, 0.1) is 0 Å². The molecule has 1 saturated heterocycles. The van der Waals surface area contributed by atoms with E-state index >= 15 is 0 Å². The Morgan fingerprint density at radius 1 is 0.893 bits per heavy atom. The number of fused-ring (bicyclic) bond motifs is 1. The molecule has 6 nitrogen and oxygen atoms in total. The number of piperazine rings is 1. The highest BCUT2D eigenvalue weighted by molar-refractivity contribution is 7.09. The number of carbonyl (C=O) groups is 3. The first-order chi connectivity index (χ1) is 13.6. The van der Waals surface area contributed by atoms with Crippen molar-refractivity contribution < 1.29 is 14.4 Å². The van der Waals surface area contributed by atoms with Gasteiger partial charge in [-0.15, -0.1) is 11.3 Å². The average Bonchev–Trinajstić information content (AvgIpc) is 3.33. The third-order valence-corrected chi connectivity index (χ3v) is 6.34. The number of hydrogen-bond donors (Lipinski definition) is 0. The Morgan fingerprint density at radius 3 is 2.18 bits per heavy atom. The summed E-state index contributed by atoms with van der Waals surface area (Å²) in [5.41, 5.74) is 0.988. The predicted octanol–water partition coefficient (Wildman–Crippen LogP) is 2.12. The van der Waals surface area contributed by atoms with Crippen molar-refractivity contribution in [1.29, 1.82) is 0 Å². The van der Waals surface area contributed by atoms with Gasteiger partial charge in [0.05, 0.1) is 11.1 Å². The summed E-state index contributed by atoms with van der Waals surface area (Å²) in [5, 5.41) is 2.03. The van der Waals surface area contributed by atoms with Gasteiger partial charge >= 0.3 is 0 Å². The zero-order chi connectivity index (χ0) is 19.5. The Hall–Kier alpha value is -2.51. The number of nitrogens with zero attached hydrogens (tertiary/aromatic N) is 3. The summed E-state index contributed by atoms with van der Waals surface area (Å²) in [6, 6.07) is 11.0. The van der Waals surface area contributed by atoms with Crippen LogP contribution in [0.4, 0.5) is 0 Å². The Kier molecular flexibility index (Phi) is 5.54. The zero-order valence-corrected chi connectivity index (χ0v) is 16.5. The first kappa shape index (κ1) is 18.8. The molecular weight excluding hydrogens is 374 g/mol. The second-order valence-electron chi connectivity index (χ2n) is 7.11. The molecule has 28 heavy (non-hydrogen) atoms. The van der Waals surface area contributed by atoms with Crippen molar-refractivity contribution in [3.63, 3.8) is 0 Å². The molecule has 0 radical (unpaired) electrons. The number of benzene rings is 1. The third kappa shape index (κ3) is 3.86. The van der Waals surface area contributed by atoms with Crippen molar-refractivity contribution in [1.82, 2.24) is 14.7 Å². The standard InChI is InChI=1S/C21H23N3O3S/c25-19(8-7-16-4-3-15-28-16)23-12-9-22(10-13-23)11-14-24-20(26)17-5-1-2-6-18(17)21(24)27/h1-6,15H,7-14H2. The van der Waals surface area contributed by atoms with Crippen molar-refractivity contribution in [3.05, 3.63) is 57.8 Å². The van der Waals surface area contributed by atoms with E-state index in [9.17, 15) is 14.4 Å². The summed E-state index contributed by atoms with van der Waals surface area (Å²) in [6.07, 6.45) is 1.35.